The average molecular weight is 438 g/mol. The van der Waals surface area contributed by atoms with Crippen LogP contribution in [-0.2, 0) is 20.1 Å². The fourth-order valence-electron chi connectivity index (χ4n) is 2.63. The van der Waals surface area contributed by atoms with Gasteiger partial charge in [-0.25, -0.2) is 4.79 Å². The summed E-state index contributed by atoms with van der Waals surface area (Å²) in [6.07, 6.45) is -5.30. The van der Waals surface area contributed by atoms with Gasteiger partial charge in [-0.05, 0) is 23.7 Å². The van der Waals surface area contributed by atoms with E-state index in [0.717, 1.165) is 10.1 Å². The van der Waals surface area contributed by atoms with Crippen LogP contribution >= 0.6 is 11.5 Å². The maximum absolute atomic E-state index is 12.7. The molecule has 1 amide bonds. The second-order valence-corrected chi connectivity index (χ2v) is 7.00. The molecule has 3 aromatic rings. The molecule has 0 bridgehead atoms. The normalized spacial score (nSPS) is 13.5. The quantitative estimate of drug-likeness (QED) is 0.298. The van der Waals surface area contributed by atoms with Crippen LogP contribution in [0, 0.1) is 0 Å². The number of alkyl halides is 3. The highest BCUT2D eigenvalue weighted by Gasteiger charge is 2.49. The smallest absolute Gasteiger partial charge is 0.423 e. The predicted molar refractivity (Wildman–Crippen MR) is 106 cm³/mol. The van der Waals surface area contributed by atoms with Crippen LogP contribution in [0.1, 0.15) is 5.56 Å². The lowest BCUT2D eigenvalue weighted by Crippen LogP contribution is -2.56. The van der Waals surface area contributed by atoms with Crippen molar-refractivity contribution in [1.29, 1.82) is 0 Å². The van der Waals surface area contributed by atoms with E-state index in [-0.39, 0.29) is 18.7 Å². The third-order valence-electron chi connectivity index (χ3n) is 4.11. The molecular formula is C19H17F3N4O3S. The molecule has 0 radical (unpaired) electrons. The lowest BCUT2D eigenvalue weighted by atomic mass is 10.0. The molecule has 0 saturated carbocycles. The van der Waals surface area contributed by atoms with E-state index in [2.05, 4.69) is 19.7 Å². The van der Waals surface area contributed by atoms with Crippen LogP contribution in [0.3, 0.4) is 0 Å². The van der Waals surface area contributed by atoms with Crippen LogP contribution < -0.4 is 16.4 Å². The van der Waals surface area contributed by atoms with Gasteiger partial charge in [-0.2, -0.15) is 17.5 Å². The van der Waals surface area contributed by atoms with Crippen LogP contribution in [0.15, 0.2) is 54.6 Å². The molecule has 0 unspecified atom stereocenters. The summed E-state index contributed by atoms with van der Waals surface area (Å²) in [4.78, 5) is 23.9. The molecule has 0 fully saturated rings. The Morgan fingerprint density at radius 3 is 2.40 bits per heavy atom. The van der Waals surface area contributed by atoms with Gasteiger partial charge in [-0.3, -0.25) is 10.5 Å². The molecule has 1 heterocycles. The summed E-state index contributed by atoms with van der Waals surface area (Å²) < 4.78 is 47.7. The maximum Gasteiger partial charge on any atom is 0.491 e. The molecule has 2 aromatic carbocycles. The number of esters is 1. The molecule has 1 aromatic heterocycles. The number of fused-ring (bicyclic) bond motifs is 1. The topological polar surface area (TPSA) is 106 Å². The molecule has 3 rings (SSSR count). The highest BCUT2D eigenvalue weighted by Crippen LogP contribution is 2.27. The van der Waals surface area contributed by atoms with E-state index < -0.39 is 23.8 Å². The lowest BCUT2D eigenvalue weighted by Gasteiger charge is -2.28. The van der Waals surface area contributed by atoms with Crippen molar-refractivity contribution >= 4 is 39.3 Å². The van der Waals surface area contributed by atoms with Crippen molar-refractivity contribution in [2.45, 2.75) is 11.9 Å². The van der Waals surface area contributed by atoms with Gasteiger partial charge in [-0.1, -0.05) is 42.5 Å². The maximum atomic E-state index is 12.7. The minimum Gasteiger partial charge on any atom is -0.423 e. The summed E-state index contributed by atoms with van der Waals surface area (Å²) >= 11 is 1.31. The minimum atomic E-state index is -5.30. The summed E-state index contributed by atoms with van der Waals surface area (Å²) in [7, 11) is 0. The van der Waals surface area contributed by atoms with E-state index in [1.54, 1.807) is 6.07 Å². The summed E-state index contributed by atoms with van der Waals surface area (Å²) in [5.74, 6) is -3.03. The first kappa shape index (κ1) is 21.5. The van der Waals surface area contributed by atoms with Gasteiger partial charge in [0.1, 0.15) is 5.82 Å². The fourth-order valence-corrected chi connectivity index (χ4v) is 3.38. The zero-order valence-corrected chi connectivity index (χ0v) is 16.2. The predicted octanol–water partition coefficient (Wildman–Crippen LogP) is 2.74. The first-order valence-electron chi connectivity index (χ1n) is 8.73. The van der Waals surface area contributed by atoms with Gasteiger partial charge in [0.15, 0.2) is 0 Å². The van der Waals surface area contributed by atoms with Gasteiger partial charge in [0.05, 0.1) is 4.70 Å². The SMILES string of the molecule is N[C@@](OC(=O)C(F)(F)F)(C(=O)NCCNc1nsc2ccccc12)c1ccccc1. The van der Waals surface area contributed by atoms with Gasteiger partial charge >= 0.3 is 12.1 Å². The molecule has 0 aliphatic carbocycles. The van der Waals surface area contributed by atoms with Gasteiger partial charge in [0.2, 0.25) is 0 Å². The second-order valence-electron chi connectivity index (χ2n) is 6.20. The van der Waals surface area contributed by atoms with Crippen LogP contribution in [0.4, 0.5) is 19.0 Å². The molecule has 158 valence electrons. The Bertz CT molecular complexity index is 1040. The van der Waals surface area contributed by atoms with E-state index in [1.165, 1.54) is 35.8 Å². The number of nitrogens with two attached hydrogens (primary N) is 1. The van der Waals surface area contributed by atoms with E-state index in [4.69, 9.17) is 5.73 Å². The molecule has 4 N–H and O–H groups in total. The van der Waals surface area contributed by atoms with Crippen LogP contribution in [-0.4, -0.2) is 35.5 Å². The number of hydrogen-bond donors (Lipinski definition) is 3. The minimum absolute atomic E-state index is 0.0000385. The Labute approximate surface area is 173 Å². The van der Waals surface area contributed by atoms with Crippen molar-refractivity contribution in [3.8, 4) is 0 Å². The van der Waals surface area contributed by atoms with Crippen molar-refractivity contribution in [1.82, 2.24) is 9.69 Å². The largest absolute Gasteiger partial charge is 0.491 e. The first-order chi connectivity index (χ1) is 14.2. The molecule has 0 aliphatic rings. The summed E-state index contributed by atoms with van der Waals surface area (Å²) in [6, 6.07) is 14.6. The number of anilines is 1. The van der Waals surface area contributed by atoms with Gasteiger partial charge in [0.25, 0.3) is 11.6 Å². The zero-order valence-electron chi connectivity index (χ0n) is 15.4. The molecule has 0 saturated heterocycles. The fraction of sp³-hybridized carbons (Fsp3) is 0.211. The Balaban J connectivity index is 1.66. The number of carbonyl (C=O) groups excluding carboxylic acids is 2. The molecule has 7 nitrogen and oxygen atoms in total. The van der Waals surface area contributed by atoms with Gasteiger partial charge < -0.3 is 15.4 Å². The van der Waals surface area contributed by atoms with Crippen molar-refractivity contribution in [2.24, 2.45) is 5.73 Å². The number of hydrogen-bond acceptors (Lipinski definition) is 7. The zero-order chi connectivity index (χ0) is 21.8. The highest BCUT2D eigenvalue weighted by molar-refractivity contribution is 7.13. The number of carbonyl (C=O) groups is 2. The molecule has 0 spiro atoms. The number of amides is 1. The van der Waals surface area contributed by atoms with E-state index in [9.17, 15) is 22.8 Å². The first-order valence-corrected chi connectivity index (χ1v) is 9.50. The molecule has 30 heavy (non-hydrogen) atoms. The standard InChI is InChI=1S/C19H17F3N4O3S/c20-19(21,22)17(28)29-18(23,12-6-2-1-3-7-12)16(27)25-11-10-24-15-13-8-4-5-9-14(13)30-26-15/h1-9H,10-11,23H2,(H,24,26)(H,25,27)/t18-/m0/s1. The Kier molecular flexibility index (Phi) is 6.22. The highest BCUT2D eigenvalue weighted by atomic mass is 32.1. The Morgan fingerprint density at radius 2 is 1.70 bits per heavy atom. The van der Waals surface area contributed by atoms with Crippen molar-refractivity contribution in [3.63, 3.8) is 0 Å². The second kappa shape index (κ2) is 8.67. The van der Waals surface area contributed by atoms with Crippen molar-refractivity contribution < 1.29 is 27.5 Å². The monoisotopic (exact) mass is 438 g/mol. The number of aromatic nitrogens is 1. The van der Waals surface area contributed by atoms with Crippen LogP contribution in [0.5, 0.6) is 0 Å². The third kappa shape index (κ3) is 4.69. The van der Waals surface area contributed by atoms with E-state index in [1.807, 2.05) is 24.3 Å². The molecule has 11 heteroatoms. The van der Waals surface area contributed by atoms with Crippen LogP contribution in [0.25, 0.3) is 10.1 Å². The number of benzene rings is 2. The summed E-state index contributed by atoms with van der Waals surface area (Å²) in [6.45, 7) is 0.220. The van der Waals surface area contributed by atoms with Crippen molar-refractivity contribution in [2.75, 3.05) is 18.4 Å². The molecular weight excluding hydrogens is 421 g/mol. The number of nitrogens with zero attached hydrogens (tertiary/aromatic N) is 1. The Hall–Kier alpha value is -3.18. The third-order valence-corrected chi connectivity index (χ3v) is 4.93. The number of ether oxygens (including phenoxy) is 1. The van der Waals surface area contributed by atoms with Gasteiger partial charge in [-0.15, -0.1) is 0 Å². The molecule has 0 aliphatic heterocycles. The summed E-state index contributed by atoms with van der Waals surface area (Å²) in [5, 5.41) is 6.34. The van der Waals surface area contributed by atoms with Gasteiger partial charge in [0, 0.05) is 24.0 Å². The Morgan fingerprint density at radius 1 is 1.03 bits per heavy atom. The number of rotatable bonds is 7. The van der Waals surface area contributed by atoms with E-state index >= 15 is 0 Å². The number of nitrogens with one attached hydrogen (secondary N) is 2. The van der Waals surface area contributed by atoms with Crippen molar-refractivity contribution in [3.05, 3.63) is 60.2 Å². The van der Waals surface area contributed by atoms with E-state index in [0.29, 0.717) is 5.82 Å². The number of halogens is 3. The average Bonchev–Trinajstić information content (AvgIpc) is 3.14. The summed E-state index contributed by atoms with van der Waals surface area (Å²) in [5.41, 5.74) is 3.09. The lowest BCUT2D eigenvalue weighted by molar-refractivity contribution is -0.215. The van der Waals surface area contributed by atoms with Crippen LogP contribution in [0.2, 0.25) is 0 Å². The molecule has 1 atom stereocenters.